The van der Waals surface area contributed by atoms with Crippen LogP contribution in [0, 0.1) is 11.7 Å². The summed E-state index contributed by atoms with van der Waals surface area (Å²) in [5.41, 5.74) is 0.870. The maximum absolute atomic E-state index is 13.3. The third-order valence-corrected chi connectivity index (χ3v) is 6.34. The standard InChI is InChI=1S/C23H29FN2O2S/c1-17(2)26(23(28)19-6-3-4-7-19)16-22(27)25(15-21-8-5-13-29-21)14-18-9-11-20(24)12-10-18/h5,8-13,17,19H,3-4,6-7,14-16H2,1-2H3. The molecule has 4 nitrogen and oxygen atoms in total. The van der Waals surface area contributed by atoms with Crippen LogP contribution in [0.5, 0.6) is 0 Å². The first-order valence-electron chi connectivity index (χ1n) is 10.3. The maximum Gasteiger partial charge on any atom is 0.242 e. The van der Waals surface area contributed by atoms with Gasteiger partial charge in [0, 0.05) is 23.4 Å². The van der Waals surface area contributed by atoms with E-state index >= 15 is 0 Å². The molecule has 1 aliphatic rings. The summed E-state index contributed by atoms with van der Waals surface area (Å²) in [4.78, 5) is 30.8. The molecular formula is C23H29FN2O2S. The molecule has 0 unspecified atom stereocenters. The quantitative estimate of drug-likeness (QED) is 0.618. The van der Waals surface area contributed by atoms with E-state index < -0.39 is 0 Å². The Bertz CT molecular complexity index is 799. The average molecular weight is 417 g/mol. The number of carbonyl (C=O) groups excluding carboxylic acids is 2. The number of hydrogen-bond acceptors (Lipinski definition) is 3. The fourth-order valence-electron chi connectivity index (χ4n) is 3.80. The largest absolute Gasteiger partial charge is 0.332 e. The van der Waals surface area contributed by atoms with E-state index in [9.17, 15) is 14.0 Å². The molecule has 1 aromatic carbocycles. The monoisotopic (exact) mass is 416 g/mol. The smallest absolute Gasteiger partial charge is 0.242 e. The van der Waals surface area contributed by atoms with E-state index in [4.69, 9.17) is 0 Å². The molecule has 1 aromatic heterocycles. The predicted molar refractivity (Wildman–Crippen MR) is 114 cm³/mol. The Morgan fingerprint density at radius 1 is 1.10 bits per heavy atom. The SMILES string of the molecule is CC(C)N(CC(=O)N(Cc1ccc(F)cc1)Cc1cccs1)C(=O)C1CCCC1. The molecule has 156 valence electrons. The van der Waals surface area contributed by atoms with E-state index in [0.29, 0.717) is 13.1 Å². The summed E-state index contributed by atoms with van der Waals surface area (Å²) in [6.07, 6.45) is 4.02. The zero-order valence-corrected chi connectivity index (χ0v) is 18.0. The van der Waals surface area contributed by atoms with Crippen molar-refractivity contribution in [3.8, 4) is 0 Å². The lowest BCUT2D eigenvalue weighted by atomic mass is 10.1. The molecule has 29 heavy (non-hydrogen) atoms. The zero-order chi connectivity index (χ0) is 20.8. The molecule has 1 aliphatic carbocycles. The van der Waals surface area contributed by atoms with Gasteiger partial charge in [0.25, 0.3) is 0 Å². The highest BCUT2D eigenvalue weighted by molar-refractivity contribution is 7.09. The highest BCUT2D eigenvalue weighted by Crippen LogP contribution is 2.27. The second kappa shape index (κ2) is 10.0. The Labute approximate surface area is 176 Å². The average Bonchev–Trinajstić information content (AvgIpc) is 3.40. The molecule has 0 saturated heterocycles. The highest BCUT2D eigenvalue weighted by atomic mass is 32.1. The maximum atomic E-state index is 13.3. The molecule has 0 aliphatic heterocycles. The second-order valence-electron chi connectivity index (χ2n) is 8.00. The molecule has 1 heterocycles. The molecule has 2 aromatic rings. The van der Waals surface area contributed by atoms with Gasteiger partial charge in [0.1, 0.15) is 12.4 Å². The third-order valence-electron chi connectivity index (χ3n) is 5.48. The van der Waals surface area contributed by atoms with Gasteiger partial charge in [-0.25, -0.2) is 4.39 Å². The van der Waals surface area contributed by atoms with Crippen molar-refractivity contribution < 1.29 is 14.0 Å². The molecule has 1 fully saturated rings. The number of carbonyl (C=O) groups is 2. The van der Waals surface area contributed by atoms with Gasteiger partial charge >= 0.3 is 0 Å². The summed E-state index contributed by atoms with van der Waals surface area (Å²) in [5, 5.41) is 1.99. The Hall–Kier alpha value is -2.21. The molecule has 3 rings (SSSR count). The molecule has 2 amide bonds. The van der Waals surface area contributed by atoms with Gasteiger partial charge in [0.2, 0.25) is 11.8 Å². The number of nitrogens with zero attached hydrogens (tertiary/aromatic N) is 2. The van der Waals surface area contributed by atoms with E-state index in [0.717, 1.165) is 36.1 Å². The Balaban J connectivity index is 1.74. The minimum absolute atomic E-state index is 0.0264. The third kappa shape index (κ3) is 5.89. The van der Waals surface area contributed by atoms with Gasteiger partial charge in [-0.05, 0) is 55.8 Å². The van der Waals surface area contributed by atoms with Gasteiger partial charge in [0.15, 0.2) is 0 Å². The van der Waals surface area contributed by atoms with E-state index in [1.54, 1.807) is 33.3 Å². The van der Waals surface area contributed by atoms with Crippen LogP contribution in [0.2, 0.25) is 0 Å². The minimum atomic E-state index is -0.293. The summed E-state index contributed by atoms with van der Waals surface area (Å²) >= 11 is 1.60. The van der Waals surface area contributed by atoms with Crippen molar-refractivity contribution in [3.05, 3.63) is 58.0 Å². The number of hydrogen-bond donors (Lipinski definition) is 0. The Morgan fingerprint density at radius 3 is 2.38 bits per heavy atom. The summed E-state index contributed by atoms with van der Waals surface area (Å²) < 4.78 is 13.3. The zero-order valence-electron chi connectivity index (χ0n) is 17.1. The fraction of sp³-hybridized carbons (Fsp3) is 0.478. The molecule has 0 atom stereocenters. The van der Waals surface area contributed by atoms with Gasteiger partial charge in [-0.2, -0.15) is 0 Å². The van der Waals surface area contributed by atoms with Crippen molar-refractivity contribution in [2.75, 3.05) is 6.54 Å². The van der Waals surface area contributed by atoms with Crippen LogP contribution in [-0.2, 0) is 22.7 Å². The first kappa shape index (κ1) is 21.5. The van der Waals surface area contributed by atoms with Gasteiger partial charge in [0.05, 0.1) is 6.54 Å². The molecule has 0 spiro atoms. The fourth-order valence-corrected chi connectivity index (χ4v) is 4.52. The molecule has 0 bridgehead atoms. The minimum Gasteiger partial charge on any atom is -0.332 e. The van der Waals surface area contributed by atoms with Crippen molar-refractivity contribution in [2.45, 2.75) is 58.7 Å². The number of halogens is 1. The molecular weight excluding hydrogens is 387 g/mol. The van der Waals surface area contributed by atoms with E-state index in [1.807, 2.05) is 31.4 Å². The van der Waals surface area contributed by atoms with Crippen LogP contribution in [0.4, 0.5) is 4.39 Å². The Kier molecular flexibility index (Phi) is 7.42. The van der Waals surface area contributed by atoms with Crippen LogP contribution < -0.4 is 0 Å². The molecule has 6 heteroatoms. The van der Waals surface area contributed by atoms with Crippen molar-refractivity contribution in [1.82, 2.24) is 9.80 Å². The predicted octanol–water partition coefficient (Wildman–Crippen LogP) is 4.84. The van der Waals surface area contributed by atoms with Crippen molar-refractivity contribution in [1.29, 1.82) is 0 Å². The van der Waals surface area contributed by atoms with Crippen LogP contribution in [0.25, 0.3) is 0 Å². The van der Waals surface area contributed by atoms with Crippen LogP contribution in [0.1, 0.15) is 50.0 Å². The van der Waals surface area contributed by atoms with Crippen LogP contribution >= 0.6 is 11.3 Å². The van der Waals surface area contributed by atoms with Crippen molar-refractivity contribution in [3.63, 3.8) is 0 Å². The first-order chi connectivity index (χ1) is 13.9. The first-order valence-corrected chi connectivity index (χ1v) is 11.2. The Morgan fingerprint density at radius 2 is 1.79 bits per heavy atom. The van der Waals surface area contributed by atoms with E-state index in [2.05, 4.69) is 0 Å². The van der Waals surface area contributed by atoms with E-state index in [-0.39, 0.29) is 36.1 Å². The van der Waals surface area contributed by atoms with Crippen molar-refractivity contribution in [2.24, 2.45) is 5.92 Å². The van der Waals surface area contributed by atoms with Gasteiger partial charge < -0.3 is 9.80 Å². The van der Waals surface area contributed by atoms with Crippen molar-refractivity contribution >= 4 is 23.2 Å². The number of rotatable bonds is 8. The summed E-state index contributed by atoms with van der Waals surface area (Å²) in [7, 11) is 0. The summed E-state index contributed by atoms with van der Waals surface area (Å²) in [5.74, 6) is -0.224. The lowest BCUT2D eigenvalue weighted by molar-refractivity contribution is -0.145. The number of thiophene rings is 1. The lowest BCUT2D eigenvalue weighted by Gasteiger charge is -2.31. The molecule has 1 saturated carbocycles. The number of benzene rings is 1. The van der Waals surface area contributed by atoms with Crippen LogP contribution in [0.3, 0.4) is 0 Å². The van der Waals surface area contributed by atoms with Crippen LogP contribution in [-0.4, -0.2) is 34.2 Å². The second-order valence-corrected chi connectivity index (χ2v) is 9.03. The summed E-state index contributed by atoms with van der Waals surface area (Å²) in [6.45, 7) is 4.88. The van der Waals surface area contributed by atoms with Gasteiger partial charge in [-0.3, -0.25) is 9.59 Å². The van der Waals surface area contributed by atoms with Gasteiger partial charge in [-0.15, -0.1) is 11.3 Å². The van der Waals surface area contributed by atoms with Crippen LogP contribution in [0.15, 0.2) is 41.8 Å². The van der Waals surface area contributed by atoms with E-state index in [1.165, 1.54) is 12.1 Å². The van der Waals surface area contributed by atoms with Gasteiger partial charge in [-0.1, -0.05) is 31.0 Å². The number of amides is 2. The normalized spacial score (nSPS) is 14.3. The molecule has 0 N–H and O–H groups in total. The highest BCUT2D eigenvalue weighted by Gasteiger charge is 2.31. The topological polar surface area (TPSA) is 40.6 Å². The summed E-state index contributed by atoms with van der Waals surface area (Å²) in [6, 6.07) is 10.2. The lowest BCUT2D eigenvalue weighted by Crippen LogP contribution is -2.47. The molecule has 0 radical (unpaired) electrons.